The molecule has 0 bridgehead atoms. The van der Waals surface area contributed by atoms with Crippen LogP contribution in [0.3, 0.4) is 0 Å². The first-order chi connectivity index (χ1) is 4.75. The zero-order valence-electron chi connectivity index (χ0n) is 5.37. The van der Waals surface area contributed by atoms with E-state index in [1.165, 1.54) is 12.0 Å². The van der Waals surface area contributed by atoms with Gasteiger partial charge in [-0.3, -0.25) is 4.90 Å². The van der Waals surface area contributed by atoms with Gasteiger partial charge in [0.1, 0.15) is 0 Å². The standard InChI is InChI=1S/C5H7BrN2O2/c1-10-5(9)8-3-2-7-4(8)6/h2-4,7H,1H3. The van der Waals surface area contributed by atoms with Crippen LogP contribution in [0.25, 0.3) is 0 Å². The van der Waals surface area contributed by atoms with Gasteiger partial charge >= 0.3 is 6.09 Å². The molecule has 0 aromatic carbocycles. The highest BCUT2D eigenvalue weighted by molar-refractivity contribution is 9.09. The number of hydrogen-bond donors (Lipinski definition) is 1. The molecular weight excluding hydrogens is 200 g/mol. The quantitative estimate of drug-likeness (QED) is 0.472. The Morgan fingerprint density at radius 3 is 3.00 bits per heavy atom. The van der Waals surface area contributed by atoms with E-state index in [-0.39, 0.29) is 11.2 Å². The third-order valence-corrected chi connectivity index (χ3v) is 1.80. The van der Waals surface area contributed by atoms with E-state index in [1.54, 1.807) is 12.4 Å². The lowest BCUT2D eigenvalue weighted by molar-refractivity contribution is 0.139. The maximum absolute atomic E-state index is 10.8. The number of methoxy groups -OCH3 is 1. The van der Waals surface area contributed by atoms with E-state index in [0.717, 1.165) is 0 Å². The Labute approximate surface area is 67.0 Å². The number of carbonyl (C=O) groups is 1. The Morgan fingerprint density at radius 2 is 2.60 bits per heavy atom. The molecule has 1 heterocycles. The summed E-state index contributed by atoms with van der Waals surface area (Å²) in [6.07, 6.45) is 2.88. The lowest BCUT2D eigenvalue weighted by atomic mass is 10.8. The van der Waals surface area contributed by atoms with Crippen molar-refractivity contribution >= 4 is 22.0 Å². The van der Waals surface area contributed by atoms with Gasteiger partial charge in [-0.2, -0.15) is 0 Å². The van der Waals surface area contributed by atoms with E-state index in [2.05, 4.69) is 26.0 Å². The molecule has 0 spiro atoms. The number of carbonyl (C=O) groups excluding carboxylic acids is 1. The predicted molar refractivity (Wildman–Crippen MR) is 39.2 cm³/mol. The van der Waals surface area contributed by atoms with Crippen molar-refractivity contribution in [3.05, 3.63) is 12.4 Å². The Kier molecular flexibility index (Phi) is 2.16. The van der Waals surface area contributed by atoms with Crippen LogP contribution in [-0.4, -0.2) is 23.2 Å². The third kappa shape index (κ3) is 1.23. The Bertz CT molecular complexity index is 171. The molecule has 5 heteroatoms. The van der Waals surface area contributed by atoms with Crippen molar-refractivity contribution in [3.8, 4) is 0 Å². The van der Waals surface area contributed by atoms with Crippen molar-refractivity contribution in [2.75, 3.05) is 7.11 Å². The first-order valence-corrected chi connectivity index (χ1v) is 3.60. The van der Waals surface area contributed by atoms with E-state index in [9.17, 15) is 4.79 Å². The summed E-state index contributed by atoms with van der Waals surface area (Å²) in [5, 5.41) is 2.67. The van der Waals surface area contributed by atoms with Gasteiger partial charge in [0, 0.05) is 12.4 Å². The van der Waals surface area contributed by atoms with E-state index in [1.807, 2.05) is 0 Å². The molecule has 4 nitrogen and oxygen atoms in total. The fourth-order valence-corrected chi connectivity index (χ4v) is 1.07. The lowest BCUT2D eigenvalue weighted by Crippen LogP contribution is -2.34. The van der Waals surface area contributed by atoms with Crippen LogP contribution in [0.4, 0.5) is 4.79 Å². The SMILES string of the molecule is COC(=O)N1C=CNC1Br. The highest BCUT2D eigenvalue weighted by atomic mass is 79.9. The molecule has 0 radical (unpaired) electrons. The monoisotopic (exact) mass is 206 g/mol. The fraction of sp³-hybridized carbons (Fsp3) is 0.400. The van der Waals surface area contributed by atoms with Gasteiger partial charge in [0.15, 0.2) is 5.08 Å². The van der Waals surface area contributed by atoms with Gasteiger partial charge in [-0.05, 0) is 15.9 Å². The Morgan fingerprint density at radius 1 is 1.90 bits per heavy atom. The van der Waals surface area contributed by atoms with Gasteiger partial charge in [-0.25, -0.2) is 4.79 Å². The van der Waals surface area contributed by atoms with Crippen LogP contribution in [0.5, 0.6) is 0 Å². The second-order valence-electron chi connectivity index (χ2n) is 1.70. The summed E-state index contributed by atoms with van der Waals surface area (Å²) in [6, 6.07) is 0. The average Bonchev–Trinajstić information content (AvgIpc) is 2.34. The number of halogens is 1. The van der Waals surface area contributed by atoms with E-state index < -0.39 is 0 Å². The number of ether oxygens (including phenoxy) is 1. The zero-order valence-corrected chi connectivity index (χ0v) is 6.96. The van der Waals surface area contributed by atoms with Gasteiger partial charge in [0.25, 0.3) is 0 Å². The second kappa shape index (κ2) is 2.92. The van der Waals surface area contributed by atoms with Crippen LogP contribution >= 0.6 is 15.9 Å². The van der Waals surface area contributed by atoms with Gasteiger partial charge in [-0.1, -0.05) is 0 Å². The molecule has 10 heavy (non-hydrogen) atoms. The van der Waals surface area contributed by atoms with Crippen LogP contribution < -0.4 is 5.32 Å². The van der Waals surface area contributed by atoms with E-state index >= 15 is 0 Å². The van der Waals surface area contributed by atoms with Crippen molar-refractivity contribution in [2.24, 2.45) is 0 Å². The van der Waals surface area contributed by atoms with Crippen LogP contribution in [-0.2, 0) is 4.74 Å². The maximum Gasteiger partial charge on any atom is 0.415 e. The largest absolute Gasteiger partial charge is 0.452 e. The average molecular weight is 207 g/mol. The van der Waals surface area contributed by atoms with Gasteiger partial charge < -0.3 is 10.1 Å². The molecule has 0 fully saturated rings. The van der Waals surface area contributed by atoms with Crippen molar-refractivity contribution in [2.45, 2.75) is 5.08 Å². The highest BCUT2D eigenvalue weighted by Gasteiger charge is 2.21. The smallest absolute Gasteiger partial charge is 0.415 e. The summed E-state index contributed by atoms with van der Waals surface area (Å²) in [4.78, 5) is 12.2. The molecule has 1 unspecified atom stereocenters. The van der Waals surface area contributed by atoms with Crippen LogP contribution in [0.1, 0.15) is 0 Å². The van der Waals surface area contributed by atoms with E-state index in [4.69, 9.17) is 0 Å². The summed E-state index contributed by atoms with van der Waals surface area (Å²) >= 11 is 3.20. The van der Waals surface area contributed by atoms with E-state index in [0.29, 0.717) is 0 Å². The molecule has 0 saturated heterocycles. The summed E-state index contributed by atoms with van der Waals surface area (Å²) in [5.74, 6) is 0. The molecule has 1 aliphatic rings. The molecule has 1 N–H and O–H groups in total. The third-order valence-electron chi connectivity index (χ3n) is 1.10. The Balaban J connectivity index is 2.55. The summed E-state index contributed by atoms with van der Waals surface area (Å²) in [7, 11) is 1.34. The minimum atomic E-state index is -0.386. The van der Waals surface area contributed by atoms with Crippen LogP contribution in [0.2, 0.25) is 0 Å². The van der Waals surface area contributed by atoms with Gasteiger partial charge in [0.05, 0.1) is 7.11 Å². The Hall–Kier alpha value is -0.710. The minimum absolute atomic E-state index is 0.181. The van der Waals surface area contributed by atoms with Crippen molar-refractivity contribution < 1.29 is 9.53 Å². The van der Waals surface area contributed by atoms with Crippen LogP contribution in [0.15, 0.2) is 12.4 Å². The topological polar surface area (TPSA) is 41.6 Å². The second-order valence-corrected chi connectivity index (χ2v) is 2.56. The molecule has 0 saturated carbocycles. The first-order valence-electron chi connectivity index (χ1n) is 2.69. The molecule has 1 atom stereocenters. The molecule has 56 valence electrons. The minimum Gasteiger partial charge on any atom is -0.452 e. The number of nitrogens with one attached hydrogen (secondary N) is 1. The summed E-state index contributed by atoms with van der Waals surface area (Å²) < 4.78 is 4.47. The fourth-order valence-electron chi connectivity index (χ4n) is 0.617. The van der Waals surface area contributed by atoms with Gasteiger partial charge in [0.2, 0.25) is 0 Å². The molecule has 0 aliphatic carbocycles. The zero-order chi connectivity index (χ0) is 7.56. The first kappa shape index (κ1) is 7.40. The molecule has 1 rings (SSSR count). The number of alkyl halides is 1. The molecular formula is C5H7BrN2O2. The number of nitrogens with zero attached hydrogens (tertiary/aromatic N) is 1. The number of hydrogen-bond acceptors (Lipinski definition) is 3. The maximum atomic E-state index is 10.8. The number of rotatable bonds is 0. The lowest BCUT2D eigenvalue weighted by Gasteiger charge is -2.15. The van der Waals surface area contributed by atoms with Crippen molar-refractivity contribution in [3.63, 3.8) is 0 Å². The molecule has 1 aliphatic heterocycles. The molecule has 1 amide bonds. The predicted octanol–water partition coefficient (Wildman–Crippen LogP) is 0.808. The van der Waals surface area contributed by atoms with Gasteiger partial charge in [-0.15, -0.1) is 0 Å². The normalized spacial score (nSPS) is 22.6. The molecule has 0 aromatic rings. The van der Waals surface area contributed by atoms with Crippen molar-refractivity contribution in [1.82, 2.24) is 10.2 Å². The molecule has 0 aromatic heterocycles. The summed E-state index contributed by atoms with van der Waals surface area (Å²) in [6.45, 7) is 0. The highest BCUT2D eigenvalue weighted by Crippen LogP contribution is 2.11. The van der Waals surface area contributed by atoms with Crippen LogP contribution in [0, 0.1) is 0 Å². The summed E-state index contributed by atoms with van der Waals surface area (Å²) in [5.41, 5.74) is 0. The number of amides is 1. The van der Waals surface area contributed by atoms with Crippen molar-refractivity contribution in [1.29, 1.82) is 0 Å².